The summed E-state index contributed by atoms with van der Waals surface area (Å²) < 4.78 is 19.2. The third kappa shape index (κ3) is 4.89. The van der Waals surface area contributed by atoms with Crippen LogP contribution in [0.3, 0.4) is 0 Å². The lowest BCUT2D eigenvalue weighted by Crippen LogP contribution is -1.93. The van der Waals surface area contributed by atoms with Crippen LogP contribution in [0.4, 0.5) is 4.39 Å². The van der Waals surface area contributed by atoms with Gasteiger partial charge < -0.3 is 4.74 Å². The lowest BCUT2D eigenvalue weighted by molar-refractivity contribution is 0.411. The quantitative estimate of drug-likeness (QED) is 0.540. The Morgan fingerprint density at radius 1 is 1.07 bits per heavy atom. The number of allylic oxidation sites excluding steroid dienone is 6. The molecule has 0 bridgehead atoms. The van der Waals surface area contributed by atoms with Gasteiger partial charge in [-0.3, -0.25) is 0 Å². The molecule has 2 aromatic rings. The first-order chi connectivity index (χ1) is 13.7. The van der Waals surface area contributed by atoms with E-state index < -0.39 is 0 Å². The molecule has 1 aliphatic rings. The highest BCUT2D eigenvalue weighted by atomic mass is 19.1. The molecule has 28 heavy (non-hydrogen) atoms. The monoisotopic (exact) mass is 376 g/mol. The molecule has 0 unspecified atom stereocenters. The smallest absolute Gasteiger partial charge is 0.127 e. The van der Waals surface area contributed by atoms with Crippen molar-refractivity contribution in [1.29, 1.82) is 0 Å². The van der Waals surface area contributed by atoms with Crippen molar-refractivity contribution >= 4 is 11.6 Å². The van der Waals surface area contributed by atoms with Crippen LogP contribution in [-0.2, 0) is 6.42 Å². The van der Waals surface area contributed by atoms with E-state index in [1.54, 1.807) is 7.11 Å². The average molecular weight is 377 g/mol. The first-order valence-corrected chi connectivity index (χ1v) is 9.79. The van der Waals surface area contributed by atoms with Crippen LogP contribution < -0.4 is 4.74 Å². The second-order valence-corrected chi connectivity index (χ2v) is 6.28. The third-order valence-electron chi connectivity index (χ3n) is 4.63. The Kier molecular flexibility index (Phi) is 8.01. The van der Waals surface area contributed by atoms with Gasteiger partial charge in [0.1, 0.15) is 11.6 Å². The van der Waals surface area contributed by atoms with Gasteiger partial charge in [-0.05, 0) is 71.4 Å². The molecular weight excluding hydrogens is 347 g/mol. The van der Waals surface area contributed by atoms with E-state index in [0.717, 1.165) is 29.6 Å². The van der Waals surface area contributed by atoms with Crippen LogP contribution in [0.25, 0.3) is 11.6 Å². The molecular formula is C26H29FO. The zero-order valence-electron chi connectivity index (χ0n) is 17.3. The number of ether oxygens (including phenoxy) is 1. The molecule has 0 heterocycles. The Morgan fingerprint density at radius 3 is 2.50 bits per heavy atom. The lowest BCUT2D eigenvalue weighted by atomic mass is 9.91. The van der Waals surface area contributed by atoms with Crippen LogP contribution in [0.2, 0.25) is 0 Å². The molecule has 0 amide bonds. The van der Waals surface area contributed by atoms with Crippen molar-refractivity contribution in [2.75, 3.05) is 7.11 Å². The summed E-state index contributed by atoms with van der Waals surface area (Å²) >= 11 is 0. The van der Waals surface area contributed by atoms with Gasteiger partial charge in [0.25, 0.3) is 0 Å². The zero-order chi connectivity index (χ0) is 20.5. The van der Waals surface area contributed by atoms with Crippen LogP contribution in [0, 0.1) is 5.82 Å². The first kappa shape index (κ1) is 21.4. The summed E-state index contributed by atoms with van der Waals surface area (Å²) in [5, 5.41) is 0. The van der Waals surface area contributed by atoms with Crippen LogP contribution in [0.5, 0.6) is 5.75 Å². The van der Waals surface area contributed by atoms with Crippen molar-refractivity contribution < 1.29 is 9.13 Å². The van der Waals surface area contributed by atoms with Gasteiger partial charge in [0, 0.05) is 6.07 Å². The Hall–Kier alpha value is -2.87. The number of aryl methyl sites for hydroxylation is 1. The number of hydrogen-bond donors (Lipinski definition) is 0. The maximum Gasteiger partial charge on any atom is 0.127 e. The summed E-state index contributed by atoms with van der Waals surface area (Å²) in [5.41, 5.74) is 6.67. The van der Waals surface area contributed by atoms with Gasteiger partial charge in [0.2, 0.25) is 0 Å². The Balaban J connectivity index is 0.00000136. The van der Waals surface area contributed by atoms with Gasteiger partial charge >= 0.3 is 0 Å². The van der Waals surface area contributed by atoms with Crippen molar-refractivity contribution in [3.63, 3.8) is 0 Å². The summed E-state index contributed by atoms with van der Waals surface area (Å²) in [6.07, 6.45) is 10.0. The summed E-state index contributed by atoms with van der Waals surface area (Å²) in [6.45, 7) is 10.0. The topological polar surface area (TPSA) is 9.23 Å². The van der Waals surface area contributed by atoms with Gasteiger partial charge in [0.05, 0.1) is 7.11 Å². The molecule has 0 spiro atoms. The molecule has 0 saturated carbocycles. The van der Waals surface area contributed by atoms with E-state index in [4.69, 9.17) is 4.74 Å². The van der Waals surface area contributed by atoms with E-state index in [1.165, 1.54) is 28.8 Å². The van der Waals surface area contributed by atoms with E-state index in [2.05, 4.69) is 30.9 Å². The highest BCUT2D eigenvalue weighted by Gasteiger charge is 2.18. The molecule has 0 radical (unpaired) electrons. The number of hydrogen-bond acceptors (Lipinski definition) is 1. The van der Waals surface area contributed by atoms with E-state index in [1.807, 2.05) is 51.1 Å². The van der Waals surface area contributed by atoms with Gasteiger partial charge in [0.15, 0.2) is 0 Å². The van der Waals surface area contributed by atoms with Crippen molar-refractivity contribution in [1.82, 2.24) is 0 Å². The van der Waals surface area contributed by atoms with Gasteiger partial charge in [-0.2, -0.15) is 0 Å². The maximum atomic E-state index is 14.0. The first-order valence-electron chi connectivity index (χ1n) is 9.79. The molecule has 146 valence electrons. The summed E-state index contributed by atoms with van der Waals surface area (Å²) in [4.78, 5) is 0. The van der Waals surface area contributed by atoms with E-state index >= 15 is 0 Å². The summed E-state index contributed by atoms with van der Waals surface area (Å²) in [6, 6.07) is 13.2. The fourth-order valence-corrected chi connectivity index (χ4v) is 3.41. The van der Waals surface area contributed by atoms with Gasteiger partial charge in [-0.25, -0.2) is 4.39 Å². The van der Waals surface area contributed by atoms with Gasteiger partial charge in [-0.15, -0.1) is 0 Å². The van der Waals surface area contributed by atoms with Gasteiger partial charge in [-0.1, -0.05) is 62.9 Å². The molecule has 1 aliphatic carbocycles. The number of rotatable bonds is 4. The molecule has 0 saturated heterocycles. The summed E-state index contributed by atoms with van der Waals surface area (Å²) in [5.74, 6) is 0.206. The lowest BCUT2D eigenvalue weighted by Gasteiger charge is -2.13. The predicted molar refractivity (Wildman–Crippen MR) is 119 cm³/mol. The van der Waals surface area contributed by atoms with Crippen LogP contribution in [-0.4, -0.2) is 7.11 Å². The minimum atomic E-state index is -0.307. The van der Waals surface area contributed by atoms with E-state index in [-0.39, 0.29) is 5.82 Å². The van der Waals surface area contributed by atoms with E-state index in [9.17, 15) is 4.39 Å². The maximum absolute atomic E-state index is 14.0. The Morgan fingerprint density at radius 2 is 1.82 bits per heavy atom. The molecule has 2 heteroatoms. The van der Waals surface area contributed by atoms with E-state index in [0.29, 0.717) is 5.75 Å². The number of methoxy groups -OCH3 is 1. The minimum absolute atomic E-state index is 0.307. The molecule has 2 aromatic carbocycles. The predicted octanol–water partition coefficient (Wildman–Crippen LogP) is 7.41. The number of fused-ring (bicyclic) bond motifs is 1. The highest BCUT2D eigenvalue weighted by molar-refractivity contribution is 5.95. The second-order valence-electron chi connectivity index (χ2n) is 6.28. The molecule has 0 aliphatic heterocycles. The van der Waals surface area contributed by atoms with Crippen LogP contribution >= 0.6 is 0 Å². The highest BCUT2D eigenvalue weighted by Crippen LogP contribution is 2.37. The third-order valence-corrected chi connectivity index (χ3v) is 4.63. The largest absolute Gasteiger partial charge is 0.497 e. The van der Waals surface area contributed by atoms with Crippen molar-refractivity contribution in [3.05, 3.63) is 101 Å². The van der Waals surface area contributed by atoms with Crippen molar-refractivity contribution in [3.8, 4) is 5.75 Å². The molecule has 3 rings (SSSR count). The molecule has 0 fully saturated rings. The fraction of sp³-hybridized carbons (Fsp3) is 0.231. The number of halogens is 1. The second kappa shape index (κ2) is 10.5. The average Bonchev–Trinajstić information content (AvgIpc) is 2.87. The minimum Gasteiger partial charge on any atom is -0.497 e. The normalized spacial score (nSPS) is 15.0. The van der Waals surface area contributed by atoms with Crippen molar-refractivity contribution in [2.45, 2.75) is 33.6 Å². The molecule has 0 atom stereocenters. The van der Waals surface area contributed by atoms with Crippen LogP contribution in [0.15, 0.2) is 78.4 Å². The zero-order valence-corrected chi connectivity index (χ0v) is 17.3. The number of benzene rings is 2. The Labute approximate surface area is 168 Å². The standard InChI is InChI=1S/C24H23FO.C2H6/c1-4-8-22-18(5-2)11-12-19-9-6-7-10-23(19)24(22)15-17-13-20(25)16-21(14-17)26-3;1-2/h4-10,13-16H,2,11-12H2,1,3H3;1-2H3/b8-4-,24-15+;. The van der Waals surface area contributed by atoms with Crippen LogP contribution in [0.1, 0.15) is 43.9 Å². The SMILES string of the molecule is C=CC1=C(/C=C\C)/C(=C\c2cc(F)cc(OC)c2)c2ccccc2CC1.CC. The molecule has 0 aromatic heterocycles. The molecule has 1 nitrogen and oxygen atoms in total. The fourth-order valence-electron chi connectivity index (χ4n) is 3.41. The molecule has 0 N–H and O–H groups in total. The Bertz CT molecular complexity index is 916. The summed E-state index contributed by atoms with van der Waals surface area (Å²) in [7, 11) is 1.55. The van der Waals surface area contributed by atoms with Crippen molar-refractivity contribution in [2.24, 2.45) is 0 Å².